The third kappa shape index (κ3) is 3.84. The molecular weight excluding hydrogens is 340 g/mol. The van der Waals surface area contributed by atoms with Crippen molar-refractivity contribution in [1.29, 1.82) is 5.26 Å². The van der Waals surface area contributed by atoms with E-state index >= 15 is 0 Å². The highest BCUT2D eigenvalue weighted by Gasteiger charge is 2.33. The topological polar surface area (TPSA) is 93.5 Å². The molecule has 1 amide bonds. The van der Waals surface area contributed by atoms with E-state index in [1.165, 1.54) is 28.6 Å². The van der Waals surface area contributed by atoms with Crippen LogP contribution in [0.4, 0.5) is 0 Å². The molecule has 0 bridgehead atoms. The second-order valence-corrected chi connectivity index (χ2v) is 8.32. The van der Waals surface area contributed by atoms with Crippen molar-refractivity contribution in [2.75, 3.05) is 32.7 Å². The lowest BCUT2D eigenvalue weighted by Crippen LogP contribution is -2.55. The monoisotopic (exact) mass is 362 g/mol. The van der Waals surface area contributed by atoms with Crippen LogP contribution in [0.1, 0.15) is 24.8 Å². The Kier molecular flexibility index (Phi) is 5.37. The minimum atomic E-state index is -3.57. The molecule has 2 aliphatic heterocycles. The van der Waals surface area contributed by atoms with Crippen LogP contribution in [-0.4, -0.2) is 62.3 Å². The van der Waals surface area contributed by atoms with Crippen LogP contribution in [0.25, 0.3) is 0 Å². The summed E-state index contributed by atoms with van der Waals surface area (Å²) in [4.78, 5) is 14.5. The summed E-state index contributed by atoms with van der Waals surface area (Å²) in [6, 6.07) is 7.80. The Bertz CT molecular complexity index is 762. The molecule has 0 aliphatic carbocycles. The van der Waals surface area contributed by atoms with Crippen LogP contribution in [0.15, 0.2) is 29.2 Å². The van der Waals surface area contributed by atoms with E-state index in [1.807, 2.05) is 6.07 Å². The largest absolute Gasteiger partial charge is 0.355 e. The van der Waals surface area contributed by atoms with Gasteiger partial charge in [0.15, 0.2) is 0 Å². The van der Waals surface area contributed by atoms with Gasteiger partial charge in [-0.3, -0.25) is 9.69 Å². The Morgan fingerprint density at radius 1 is 1.08 bits per heavy atom. The van der Waals surface area contributed by atoms with Crippen LogP contribution in [0.2, 0.25) is 0 Å². The maximum Gasteiger partial charge on any atom is 0.243 e. The first-order valence-corrected chi connectivity index (χ1v) is 9.98. The highest BCUT2D eigenvalue weighted by Crippen LogP contribution is 2.20. The number of nitrogens with one attached hydrogen (secondary N) is 1. The molecule has 3 rings (SSSR count). The molecule has 1 aromatic rings. The molecule has 2 saturated heterocycles. The van der Waals surface area contributed by atoms with Gasteiger partial charge >= 0.3 is 0 Å². The third-order valence-electron chi connectivity index (χ3n) is 4.84. The molecule has 1 unspecified atom stereocenters. The number of piperazine rings is 1. The van der Waals surface area contributed by atoms with Gasteiger partial charge < -0.3 is 5.32 Å². The van der Waals surface area contributed by atoms with Crippen LogP contribution >= 0.6 is 0 Å². The van der Waals surface area contributed by atoms with Gasteiger partial charge in [0.05, 0.1) is 22.6 Å². The van der Waals surface area contributed by atoms with E-state index in [1.54, 1.807) is 0 Å². The molecule has 25 heavy (non-hydrogen) atoms. The molecule has 2 fully saturated rings. The van der Waals surface area contributed by atoms with E-state index < -0.39 is 10.0 Å². The van der Waals surface area contributed by atoms with Crippen LogP contribution < -0.4 is 5.32 Å². The average molecular weight is 362 g/mol. The lowest BCUT2D eigenvalue weighted by Gasteiger charge is -2.37. The first-order valence-electron chi connectivity index (χ1n) is 8.54. The van der Waals surface area contributed by atoms with Gasteiger partial charge in [-0.1, -0.05) is 0 Å². The summed E-state index contributed by atoms with van der Waals surface area (Å²) in [6.07, 6.45) is 2.83. The molecular formula is C17H22N4O3S. The first kappa shape index (κ1) is 17.9. The Morgan fingerprint density at radius 3 is 2.40 bits per heavy atom. The summed E-state index contributed by atoms with van der Waals surface area (Å²) in [7, 11) is -3.57. The molecule has 0 spiro atoms. The normalized spacial score (nSPS) is 23.5. The maximum absolute atomic E-state index is 12.7. The quantitative estimate of drug-likeness (QED) is 0.847. The van der Waals surface area contributed by atoms with E-state index in [0.29, 0.717) is 31.7 Å². The van der Waals surface area contributed by atoms with Crippen LogP contribution in [-0.2, 0) is 14.8 Å². The van der Waals surface area contributed by atoms with Crippen LogP contribution in [0, 0.1) is 11.3 Å². The number of carbonyl (C=O) groups excluding carboxylic acids is 1. The molecule has 1 atom stereocenters. The maximum atomic E-state index is 12.7. The smallest absolute Gasteiger partial charge is 0.243 e. The van der Waals surface area contributed by atoms with Gasteiger partial charge in [0.1, 0.15) is 0 Å². The Morgan fingerprint density at radius 2 is 1.76 bits per heavy atom. The van der Waals surface area contributed by atoms with Gasteiger partial charge in [-0.2, -0.15) is 9.57 Å². The van der Waals surface area contributed by atoms with Crippen LogP contribution in [0.3, 0.4) is 0 Å². The van der Waals surface area contributed by atoms with E-state index in [-0.39, 0.29) is 16.8 Å². The number of nitriles is 1. The highest BCUT2D eigenvalue weighted by molar-refractivity contribution is 7.89. The predicted molar refractivity (Wildman–Crippen MR) is 92.1 cm³/mol. The van der Waals surface area contributed by atoms with Crippen molar-refractivity contribution in [3.8, 4) is 6.07 Å². The number of nitrogens with zero attached hydrogens (tertiary/aromatic N) is 3. The van der Waals surface area contributed by atoms with Gasteiger partial charge in [0.25, 0.3) is 0 Å². The molecule has 1 N–H and O–H groups in total. The molecule has 8 heteroatoms. The second-order valence-electron chi connectivity index (χ2n) is 6.38. The average Bonchev–Trinajstić information content (AvgIpc) is 2.86. The van der Waals surface area contributed by atoms with Crippen molar-refractivity contribution >= 4 is 15.9 Å². The van der Waals surface area contributed by atoms with E-state index in [0.717, 1.165) is 25.8 Å². The van der Waals surface area contributed by atoms with Crippen molar-refractivity contribution in [2.45, 2.75) is 30.2 Å². The Labute approximate surface area is 148 Å². The summed E-state index contributed by atoms with van der Waals surface area (Å²) < 4.78 is 26.9. The number of sulfonamides is 1. The van der Waals surface area contributed by atoms with Gasteiger partial charge in [-0.25, -0.2) is 8.42 Å². The van der Waals surface area contributed by atoms with Crippen molar-refractivity contribution in [3.05, 3.63) is 29.8 Å². The summed E-state index contributed by atoms with van der Waals surface area (Å²) in [6.45, 7) is 2.56. The fourth-order valence-electron chi connectivity index (χ4n) is 3.38. The lowest BCUT2D eigenvalue weighted by atomic mass is 10.1. The Balaban J connectivity index is 1.66. The second kappa shape index (κ2) is 7.52. The highest BCUT2D eigenvalue weighted by atomic mass is 32.2. The van der Waals surface area contributed by atoms with Crippen molar-refractivity contribution in [3.63, 3.8) is 0 Å². The predicted octanol–water partition coefficient (Wildman–Crippen LogP) is 0.533. The molecule has 2 aliphatic rings. The fraction of sp³-hybridized carbons (Fsp3) is 0.529. The van der Waals surface area contributed by atoms with Crippen molar-refractivity contribution < 1.29 is 13.2 Å². The zero-order valence-electron chi connectivity index (χ0n) is 14.0. The molecule has 0 saturated carbocycles. The number of rotatable bonds is 3. The SMILES string of the molecule is N#Cc1ccc(S(=O)(=O)N2CCN(C3CCCCNC3=O)CC2)cc1. The summed E-state index contributed by atoms with van der Waals surface area (Å²) in [5, 5.41) is 11.8. The number of hydrogen-bond acceptors (Lipinski definition) is 5. The minimum Gasteiger partial charge on any atom is -0.355 e. The molecule has 134 valence electrons. The van der Waals surface area contributed by atoms with Gasteiger partial charge in [0.2, 0.25) is 15.9 Å². The Hall–Kier alpha value is -1.95. The minimum absolute atomic E-state index is 0.0564. The first-order chi connectivity index (χ1) is 12.0. The molecule has 0 aromatic heterocycles. The zero-order chi connectivity index (χ0) is 17.9. The standard InChI is InChI=1S/C17H22N4O3S/c18-13-14-4-6-15(7-5-14)25(23,24)21-11-9-20(10-12-21)16-3-1-2-8-19-17(16)22/h4-7,16H,1-3,8-12H2,(H,19,22). The van der Waals surface area contributed by atoms with Gasteiger partial charge in [-0.05, 0) is 43.5 Å². The van der Waals surface area contributed by atoms with Crippen molar-refractivity contribution in [1.82, 2.24) is 14.5 Å². The number of hydrogen-bond donors (Lipinski definition) is 1. The summed E-state index contributed by atoms with van der Waals surface area (Å²) >= 11 is 0. The molecule has 7 nitrogen and oxygen atoms in total. The van der Waals surface area contributed by atoms with Crippen molar-refractivity contribution in [2.24, 2.45) is 0 Å². The summed E-state index contributed by atoms with van der Waals surface area (Å²) in [5.41, 5.74) is 0.433. The summed E-state index contributed by atoms with van der Waals surface area (Å²) in [5.74, 6) is 0.0564. The van der Waals surface area contributed by atoms with E-state index in [2.05, 4.69) is 10.2 Å². The lowest BCUT2D eigenvalue weighted by molar-refractivity contribution is -0.126. The molecule has 0 radical (unpaired) electrons. The van der Waals surface area contributed by atoms with E-state index in [4.69, 9.17) is 5.26 Å². The van der Waals surface area contributed by atoms with E-state index in [9.17, 15) is 13.2 Å². The number of amides is 1. The third-order valence-corrected chi connectivity index (χ3v) is 6.75. The number of carbonyl (C=O) groups is 1. The van der Waals surface area contributed by atoms with Gasteiger partial charge in [0, 0.05) is 32.7 Å². The molecule has 2 heterocycles. The van der Waals surface area contributed by atoms with Gasteiger partial charge in [-0.15, -0.1) is 0 Å². The van der Waals surface area contributed by atoms with Crippen LogP contribution in [0.5, 0.6) is 0 Å². The molecule has 1 aromatic carbocycles. The fourth-order valence-corrected chi connectivity index (χ4v) is 4.80. The number of benzene rings is 1. The zero-order valence-corrected chi connectivity index (χ0v) is 14.8.